The molecule has 0 aromatic carbocycles. The van der Waals surface area contributed by atoms with Crippen molar-refractivity contribution in [2.45, 2.75) is 11.8 Å². The summed E-state index contributed by atoms with van der Waals surface area (Å²) in [6.45, 7) is 3.82. The SMILES string of the molecule is COC(=O)CN1CCN(S(=O)(=O)c2cc(Br)sc2C)CC1. The van der Waals surface area contributed by atoms with Crippen molar-refractivity contribution in [2.24, 2.45) is 0 Å². The highest BCUT2D eigenvalue weighted by Gasteiger charge is 2.31. The van der Waals surface area contributed by atoms with Crippen LogP contribution in [0.2, 0.25) is 0 Å². The highest BCUT2D eigenvalue weighted by atomic mass is 79.9. The molecule has 1 aliphatic heterocycles. The molecular formula is C12H17BrN2O4S2. The molecule has 0 saturated carbocycles. The molecule has 21 heavy (non-hydrogen) atoms. The second-order valence-corrected chi connectivity index (χ2v) is 9.27. The van der Waals surface area contributed by atoms with Crippen LogP contribution < -0.4 is 0 Å². The standard InChI is InChI=1S/C12H17BrN2O4S2/c1-9-10(7-11(13)20-9)21(17,18)15-5-3-14(4-6-15)8-12(16)19-2/h7H,3-6,8H2,1-2H3. The number of hydrogen-bond acceptors (Lipinski definition) is 6. The lowest BCUT2D eigenvalue weighted by molar-refractivity contribution is -0.142. The van der Waals surface area contributed by atoms with Gasteiger partial charge >= 0.3 is 5.97 Å². The highest BCUT2D eigenvalue weighted by Crippen LogP contribution is 2.31. The van der Waals surface area contributed by atoms with Gasteiger partial charge in [0.05, 0.1) is 22.3 Å². The van der Waals surface area contributed by atoms with Crippen LogP contribution in [0.25, 0.3) is 0 Å². The van der Waals surface area contributed by atoms with Crippen molar-refractivity contribution in [3.63, 3.8) is 0 Å². The van der Waals surface area contributed by atoms with E-state index >= 15 is 0 Å². The predicted molar refractivity (Wildman–Crippen MR) is 84.0 cm³/mol. The number of halogens is 1. The summed E-state index contributed by atoms with van der Waals surface area (Å²) in [7, 11) is -2.11. The number of carbonyl (C=O) groups is 1. The van der Waals surface area contributed by atoms with Crippen LogP contribution in [-0.4, -0.2) is 63.4 Å². The zero-order valence-corrected chi connectivity index (χ0v) is 15.1. The summed E-state index contributed by atoms with van der Waals surface area (Å²) in [5.74, 6) is -0.302. The van der Waals surface area contributed by atoms with Gasteiger partial charge in [0.2, 0.25) is 10.0 Å². The van der Waals surface area contributed by atoms with Crippen LogP contribution in [0, 0.1) is 6.92 Å². The zero-order valence-electron chi connectivity index (χ0n) is 11.8. The summed E-state index contributed by atoms with van der Waals surface area (Å²) in [5.41, 5.74) is 0. The Kier molecular flexibility index (Phi) is 5.42. The first-order valence-corrected chi connectivity index (χ1v) is 9.45. The quantitative estimate of drug-likeness (QED) is 0.717. The van der Waals surface area contributed by atoms with Crippen LogP contribution in [0.5, 0.6) is 0 Å². The lowest BCUT2D eigenvalue weighted by Gasteiger charge is -2.33. The minimum atomic E-state index is -3.46. The number of nitrogens with zero attached hydrogens (tertiary/aromatic N) is 2. The molecule has 0 atom stereocenters. The molecule has 1 aliphatic rings. The Labute approximate surface area is 136 Å². The van der Waals surface area contributed by atoms with Gasteiger partial charge in [-0.1, -0.05) is 0 Å². The van der Waals surface area contributed by atoms with Gasteiger partial charge in [-0.15, -0.1) is 11.3 Å². The maximum atomic E-state index is 12.6. The maximum Gasteiger partial charge on any atom is 0.319 e. The molecule has 6 nitrogen and oxygen atoms in total. The zero-order chi connectivity index (χ0) is 15.6. The van der Waals surface area contributed by atoms with Gasteiger partial charge in [-0.2, -0.15) is 4.31 Å². The van der Waals surface area contributed by atoms with E-state index in [0.29, 0.717) is 31.1 Å². The molecule has 9 heteroatoms. The molecule has 2 rings (SSSR count). The number of aryl methyl sites for hydroxylation is 1. The van der Waals surface area contributed by atoms with Gasteiger partial charge in [-0.25, -0.2) is 8.42 Å². The first kappa shape index (κ1) is 16.9. The van der Waals surface area contributed by atoms with E-state index in [2.05, 4.69) is 20.7 Å². The van der Waals surface area contributed by atoms with E-state index in [-0.39, 0.29) is 12.5 Å². The van der Waals surface area contributed by atoms with Gasteiger partial charge in [-0.05, 0) is 28.9 Å². The molecule has 0 spiro atoms. The molecule has 1 saturated heterocycles. The van der Waals surface area contributed by atoms with Gasteiger partial charge in [0.15, 0.2) is 0 Å². The van der Waals surface area contributed by atoms with Crippen LogP contribution in [-0.2, 0) is 19.6 Å². The van der Waals surface area contributed by atoms with Gasteiger partial charge in [0, 0.05) is 31.1 Å². The average molecular weight is 397 g/mol. The lowest BCUT2D eigenvalue weighted by Crippen LogP contribution is -2.49. The number of esters is 1. The van der Waals surface area contributed by atoms with Gasteiger partial charge in [0.25, 0.3) is 0 Å². The third kappa shape index (κ3) is 3.84. The fourth-order valence-corrected chi connectivity index (χ4v) is 6.01. The van der Waals surface area contributed by atoms with Crippen molar-refractivity contribution >= 4 is 43.3 Å². The van der Waals surface area contributed by atoms with Crippen LogP contribution in [0.4, 0.5) is 0 Å². The minimum Gasteiger partial charge on any atom is -0.468 e. The average Bonchev–Trinajstić information content (AvgIpc) is 2.79. The molecule has 0 radical (unpaired) electrons. The van der Waals surface area contributed by atoms with Crippen molar-refractivity contribution in [3.8, 4) is 0 Å². The van der Waals surface area contributed by atoms with Crippen molar-refractivity contribution in [2.75, 3.05) is 39.8 Å². The normalized spacial score (nSPS) is 17.9. The van der Waals surface area contributed by atoms with Crippen molar-refractivity contribution < 1.29 is 17.9 Å². The third-order valence-corrected chi connectivity index (χ3v) is 7.08. The van der Waals surface area contributed by atoms with Gasteiger partial charge in [-0.3, -0.25) is 9.69 Å². The number of sulfonamides is 1. The van der Waals surface area contributed by atoms with Crippen LogP contribution >= 0.6 is 27.3 Å². The first-order valence-electron chi connectivity index (χ1n) is 6.40. The predicted octanol–water partition coefficient (Wildman–Crippen LogP) is 1.30. The molecule has 1 fully saturated rings. The van der Waals surface area contributed by atoms with Crippen molar-refractivity contribution in [3.05, 3.63) is 14.7 Å². The monoisotopic (exact) mass is 396 g/mol. The molecule has 0 unspecified atom stereocenters. The molecule has 0 amide bonds. The van der Waals surface area contributed by atoms with Gasteiger partial charge in [0.1, 0.15) is 0 Å². The topological polar surface area (TPSA) is 66.9 Å². The van der Waals surface area contributed by atoms with Crippen LogP contribution in [0.15, 0.2) is 14.7 Å². The number of methoxy groups -OCH3 is 1. The summed E-state index contributed by atoms with van der Waals surface area (Å²) in [4.78, 5) is 14.3. The van der Waals surface area contributed by atoms with E-state index < -0.39 is 10.0 Å². The fraction of sp³-hybridized carbons (Fsp3) is 0.583. The number of carbonyl (C=O) groups excluding carboxylic acids is 1. The molecule has 0 bridgehead atoms. The minimum absolute atomic E-state index is 0.202. The Morgan fingerprint density at radius 2 is 2.00 bits per heavy atom. The van der Waals surface area contributed by atoms with E-state index in [1.807, 2.05) is 4.90 Å². The fourth-order valence-electron chi connectivity index (χ4n) is 2.20. The second kappa shape index (κ2) is 6.74. The number of thiophene rings is 1. The molecule has 0 aliphatic carbocycles. The Hall–Kier alpha value is -0.480. The molecule has 0 N–H and O–H groups in total. The summed E-state index contributed by atoms with van der Waals surface area (Å²) in [6.07, 6.45) is 0. The summed E-state index contributed by atoms with van der Waals surface area (Å²) in [6, 6.07) is 1.65. The number of ether oxygens (including phenoxy) is 1. The molecule has 2 heterocycles. The number of piperazine rings is 1. The molecule has 1 aromatic rings. The number of rotatable bonds is 4. The Morgan fingerprint density at radius 3 is 2.48 bits per heavy atom. The summed E-state index contributed by atoms with van der Waals surface area (Å²) >= 11 is 4.73. The Bertz CT molecular complexity index is 621. The largest absolute Gasteiger partial charge is 0.468 e. The highest BCUT2D eigenvalue weighted by molar-refractivity contribution is 9.11. The molecule has 1 aromatic heterocycles. The molecular weight excluding hydrogens is 380 g/mol. The van der Waals surface area contributed by atoms with E-state index in [0.717, 1.165) is 8.66 Å². The Balaban J connectivity index is 2.04. The third-order valence-electron chi connectivity index (χ3n) is 3.37. The smallest absolute Gasteiger partial charge is 0.319 e. The van der Waals surface area contributed by atoms with Crippen LogP contribution in [0.3, 0.4) is 0 Å². The van der Waals surface area contributed by atoms with Crippen LogP contribution in [0.1, 0.15) is 4.88 Å². The van der Waals surface area contributed by atoms with E-state index in [4.69, 9.17) is 0 Å². The first-order chi connectivity index (χ1) is 9.84. The van der Waals surface area contributed by atoms with E-state index in [9.17, 15) is 13.2 Å². The summed E-state index contributed by atoms with van der Waals surface area (Å²) in [5, 5.41) is 0. The van der Waals surface area contributed by atoms with E-state index in [1.54, 1.807) is 13.0 Å². The maximum absolute atomic E-state index is 12.6. The molecule has 118 valence electrons. The van der Waals surface area contributed by atoms with Crippen molar-refractivity contribution in [1.82, 2.24) is 9.21 Å². The van der Waals surface area contributed by atoms with Gasteiger partial charge < -0.3 is 4.74 Å². The lowest BCUT2D eigenvalue weighted by atomic mass is 10.3. The Morgan fingerprint density at radius 1 is 1.38 bits per heavy atom. The number of hydrogen-bond donors (Lipinski definition) is 0. The summed E-state index contributed by atoms with van der Waals surface area (Å²) < 4.78 is 32.1. The van der Waals surface area contributed by atoms with E-state index in [1.165, 1.54) is 22.8 Å². The second-order valence-electron chi connectivity index (χ2n) is 4.73. The van der Waals surface area contributed by atoms with Crippen molar-refractivity contribution in [1.29, 1.82) is 0 Å².